The molecular weight excluding hydrogens is 488 g/mol. The molecule has 4 amide bonds. The molecule has 38 heavy (non-hydrogen) atoms. The number of ether oxygens (including phenoxy) is 2. The zero-order chi connectivity index (χ0) is 26.9. The van der Waals surface area contributed by atoms with Gasteiger partial charge in [-0.25, -0.2) is 0 Å². The highest BCUT2D eigenvalue weighted by molar-refractivity contribution is 6.01. The van der Waals surface area contributed by atoms with Gasteiger partial charge in [0, 0.05) is 26.1 Å². The normalized spacial score (nSPS) is 21.4. The van der Waals surface area contributed by atoms with Gasteiger partial charge in [-0.3, -0.25) is 19.2 Å². The third-order valence-corrected chi connectivity index (χ3v) is 6.68. The highest BCUT2D eigenvalue weighted by Gasteiger charge is 2.33. The monoisotopic (exact) mass is 522 g/mol. The van der Waals surface area contributed by atoms with Crippen LogP contribution in [-0.4, -0.2) is 91.5 Å². The van der Waals surface area contributed by atoms with Crippen molar-refractivity contribution in [3.63, 3.8) is 0 Å². The number of rotatable bonds is 4. The van der Waals surface area contributed by atoms with Gasteiger partial charge in [-0.2, -0.15) is 0 Å². The molecule has 2 N–H and O–H groups in total. The third kappa shape index (κ3) is 6.89. The van der Waals surface area contributed by atoms with E-state index in [2.05, 4.69) is 10.6 Å². The molecule has 4 rings (SSSR count). The molecule has 1 saturated heterocycles. The van der Waals surface area contributed by atoms with E-state index in [0.29, 0.717) is 45.0 Å². The Balaban J connectivity index is 1.64. The van der Waals surface area contributed by atoms with E-state index in [0.717, 1.165) is 5.56 Å². The fourth-order valence-electron chi connectivity index (χ4n) is 4.62. The van der Waals surface area contributed by atoms with Crippen LogP contribution in [0.5, 0.6) is 5.75 Å². The minimum atomic E-state index is -1.12. The summed E-state index contributed by atoms with van der Waals surface area (Å²) in [5.74, 6) is -1.28. The molecule has 2 aliphatic rings. The highest BCUT2D eigenvalue weighted by atomic mass is 16.5. The molecule has 2 aliphatic heterocycles. The summed E-state index contributed by atoms with van der Waals surface area (Å²) in [7, 11) is 0. The SMILES string of the molecule is CCN1CCOc2ccccc2C(=O)N[C@H](C(=O)N2CCOCC2)CC(=O)N[C@@H](Cc2ccccc2)C1=O. The molecule has 0 spiro atoms. The van der Waals surface area contributed by atoms with Crippen LogP contribution in [0, 0.1) is 0 Å². The first-order valence-electron chi connectivity index (χ1n) is 13.0. The molecule has 2 aromatic carbocycles. The van der Waals surface area contributed by atoms with Gasteiger partial charge in [-0.05, 0) is 24.6 Å². The van der Waals surface area contributed by atoms with Crippen molar-refractivity contribution in [2.75, 3.05) is 46.0 Å². The van der Waals surface area contributed by atoms with Crippen molar-refractivity contribution < 1.29 is 28.7 Å². The van der Waals surface area contributed by atoms with Gasteiger partial charge in [0.2, 0.25) is 17.7 Å². The van der Waals surface area contributed by atoms with Gasteiger partial charge in [0.05, 0.1) is 31.7 Å². The summed E-state index contributed by atoms with van der Waals surface area (Å²) in [5.41, 5.74) is 1.14. The summed E-state index contributed by atoms with van der Waals surface area (Å²) in [4.78, 5) is 56.7. The zero-order valence-electron chi connectivity index (χ0n) is 21.6. The van der Waals surface area contributed by atoms with Crippen LogP contribution in [0.4, 0.5) is 0 Å². The predicted octanol–water partition coefficient (Wildman–Crippen LogP) is 1.00. The van der Waals surface area contributed by atoms with Crippen LogP contribution in [0.3, 0.4) is 0 Å². The van der Waals surface area contributed by atoms with Crippen LogP contribution in [-0.2, 0) is 25.5 Å². The lowest BCUT2D eigenvalue weighted by atomic mass is 10.0. The molecule has 10 nitrogen and oxygen atoms in total. The van der Waals surface area contributed by atoms with Crippen molar-refractivity contribution in [1.82, 2.24) is 20.4 Å². The summed E-state index contributed by atoms with van der Waals surface area (Å²) in [5, 5.41) is 5.58. The average molecular weight is 523 g/mol. The fourth-order valence-corrected chi connectivity index (χ4v) is 4.62. The Morgan fingerprint density at radius 2 is 1.63 bits per heavy atom. The molecule has 2 aromatic rings. The molecule has 0 aliphatic carbocycles. The second-order valence-electron chi connectivity index (χ2n) is 9.24. The van der Waals surface area contributed by atoms with Gasteiger partial charge in [0.25, 0.3) is 5.91 Å². The van der Waals surface area contributed by atoms with E-state index in [1.807, 2.05) is 37.3 Å². The summed E-state index contributed by atoms with van der Waals surface area (Å²) in [6.07, 6.45) is -0.0182. The van der Waals surface area contributed by atoms with Gasteiger partial charge < -0.3 is 29.9 Å². The highest BCUT2D eigenvalue weighted by Crippen LogP contribution is 2.19. The summed E-state index contributed by atoms with van der Waals surface area (Å²) in [6.45, 7) is 4.23. The number of likely N-dealkylation sites (N-methyl/N-ethyl adjacent to an activating group) is 1. The molecule has 2 atom stereocenters. The van der Waals surface area contributed by atoms with Crippen molar-refractivity contribution in [2.45, 2.75) is 31.8 Å². The van der Waals surface area contributed by atoms with Crippen molar-refractivity contribution >= 4 is 23.6 Å². The quantitative estimate of drug-likeness (QED) is 0.619. The van der Waals surface area contributed by atoms with Gasteiger partial charge in [0.15, 0.2) is 0 Å². The molecule has 10 heteroatoms. The number of hydrogen-bond donors (Lipinski definition) is 2. The van der Waals surface area contributed by atoms with E-state index in [4.69, 9.17) is 9.47 Å². The maximum Gasteiger partial charge on any atom is 0.255 e. The van der Waals surface area contributed by atoms with Crippen molar-refractivity contribution in [2.24, 2.45) is 0 Å². The smallest absolute Gasteiger partial charge is 0.255 e. The second kappa shape index (κ2) is 13.0. The average Bonchev–Trinajstić information content (AvgIpc) is 2.94. The fraction of sp³-hybridized carbons (Fsp3) is 0.429. The van der Waals surface area contributed by atoms with Crippen LogP contribution < -0.4 is 15.4 Å². The van der Waals surface area contributed by atoms with E-state index in [1.165, 1.54) is 0 Å². The zero-order valence-corrected chi connectivity index (χ0v) is 21.6. The molecule has 0 bridgehead atoms. The summed E-state index contributed by atoms with van der Waals surface area (Å²) >= 11 is 0. The van der Waals surface area contributed by atoms with Gasteiger partial charge in [0.1, 0.15) is 24.4 Å². The minimum absolute atomic E-state index is 0.159. The molecular formula is C28H34N4O6. The van der Waals surface area contributed by atoms with E-state index >= 15 is 0 Å². The molecule has 2 heterocycles. The van der Waals surface area contributed by atoms with E-state index in [-0.39, 0.29) is 37.0 Å². The van der Waals surface area contributed by atoms with Crippen LogP contribution >= 0.6 is 0 Å². The van der Waals surface area contributed by atoms with Gasteiger partial charge in [-0.15, -0.1) is 0 Å². The molecule has 0 aromatic heterocycles. The van der Waals surface area contributed by atoms with Crippen molar-refractivity contribution in [3.05, 3.63) is 65.7 Å². The number of nitrogens with zero attached hydrogens (tertiary/aromatic N) is 2. The number of morpholine rings is 1. The Kier molecular flexibility index (Phi) is 9.31. The molecule has 0 unspecified atom stereocenters. The molecule has 0 saturated carbocycles. The number of para-hydroxylation sites is 1. The van der Waals surface area contributed by atoms with Crippen LogP contribution in [0.15, 0.2) is 54.6 Å². The van der Waals surface area contributed by atoms with E-state index < -0.39 is 23.9 Å². The maximum absolute atomic E-state index is 13.6. The Labute approximate surface area is 222 Å². The van der Waals surface area contributed by atoms with E-state index in [1.54, 1.807) is 34.1 Å². The Bertz CT molecular complexity index is 1140. The van der Waals surface area contributed by atoms with Crippen LogP contribution in [0.1, 0.15) is 29.3 Å². The number of carbonyl (C=O) groups is 4. The Morgan fingerprint density at radius 1 is 0.921 bits per heavy atom. The Hall–Kier alpha value is -3.92. The standard InChI is InChI=1S/C28H34N4O6/c1-2-31-14-17-38-24-11-7-6-10-21(24)26(34)30-23(28(36)32-12-15-37-16-13-32)19-25(33)29-22(27(31)35)18-20-8-4-3-5-9-20/h3-11,22-23H,2,12-19H2,1H3,(H,29,33)(H,30,34)/t22-,23-/m0/s1. The lowest BCUT2D eigenvalue weighted by Crippen LogP contribution is -2.55. The van der Waals surface area contributed by atoms with Gasteiger partial charge >= 0.3 is 0 Å². The van der Waals surface area contributed by atoms with Crippen LogP contribution in [0.25, 0.3) is 0 Å². The minimum Gasteiger partial charge on any atom is -0.491 e. The Morgan fingerprint density at radius 3 is 2.37 bits per heavy atom. The number of benzene rings is 2. The summed E-state index contributed by atoms with van der Waals surface area (Å²) < 4.78 is 11.3. The van der Waals surface area contributed by atoms with E-state index in [9.17, 15) is 19.2 Å². The maximum atomic E-state index is 13.6. The third-order valence-electron chi connectivity index (χ3n) is 6.68. The molecule has 0 radical (unpaired) electrons. The first kappa shape index (κ1) is 27.1. The predicted molar refractivity (Wildman–Crippen MR) is 140 cm³/mol. The number of hydrogen-bond acceptors (Lipinski definition) is 6. The lowest BCUT2D eigenvalue weighted by molar-refractivity contribution is -0.140. The largest absolute Gasteiger partial charge is 0.491 e. The first-order chi connectivity index (χ1) is 18.5. The number of amides is 4. The number of fused-ring (bicyclic) bond motifs is 1. The number of nitrogens with one attached hydrogen (secondary N) is 2. The van der Waals surface area contributed by atoms with Crippen molar-refractivity contribution in [3.8, 4) is 5.75 Å². The lowest BCUT2D eigenvalue weighted by Gasteiger charge is -2.31. The number of carbonyl (C=O) groups excluding carboxylic acids is 4. The molecule has 202 valence electrons. The first-order valence-corrected chi connectivity index (χ1v) is 13.0. The van der Waals surface area contributed by atoms with Gasteiger partial charge in [-0.1, -0.05) is 42.5 Å². The second-order valence-corrected chi connectivity index (χ2v) is 9.24. The summed E-state index contributed by atoms with van der Waals surface area (Å²) in [6, 6.07) is 14.2. The van der Waals surface area contributed by atoms with Crippen LogP contribution in [0.2, 0.25) is 0 Å². The van der Waals surface area contributed by atoms with Crippen molar-refractivity contribution in [1.29, 1.82) is 0 Å². The topological polar surface area (TPSA) is 117 Å². The molecule has 1 fully saturated rings.